The van der Waals surface area contributed by atoms with Crippen LogP contribution in [0.4, 0.5) is 0 Å². The van der Waals surface area contributed by atoms with Crippen LogP contribution in [-0.2, 0) is 9.53 Å². The third-order valence-electron chi connectivity index (χ3n) is 4.73. The topological polar surface area (TPSA) is 102 Å². The van der Waals surface area contributed by atoms with Crippen LogP contribution in [-0.4, -0.2) is 67.9 Å². The zero-order valence-electron chi connectivity index (χ0n) is 11.6. The van der Waals surface area contributed by atoms with Crippen LogP contribution in [0.1, 0.15) is 32.1 Å². The molecule has 0 aromatic rings. The lowest BCUT2D eigenvalue weighted by molar-refractivity contribution is -0.243. The van der Waals surface area contributed by atoms with Gasteiger partial charge in [0.25, 0.3) is 5.91 Å². The highest BCUT2D eigenvalue weighted by atomic mass is 32.1. The van der Waals surface area contributed by atoms with Crippen LogP contribution in [0.2, 0.25) is 0 Å². The molecule has 1 saturated carbocycles. The highest BCUT2D eigenvalue weighted by Crippen LogP contribution is 2.35. The van der Waals surface area contributed by atoms with E-state index in [-0.39, 0.29) is 17.8 Å². The number of ether oxygens (including phenoxy) is 1. The zero-order valence-corrected chi connectivity index (χ0v) is 12.4. The molecule has 1 unspecified atom stereocenters. The van der Waals surface area contributed by atoms with E-state index in [1.54, 1.807) is 0 Å². The predicted octanol–water partition coefficient (Wildman–Crippen LogP) is -1.15. The number of carbonyl (C=O) groups excluding carboxylic acids is 1. The number of nitrogens with one attached hydrogen (secondary N) is 1. The van der Waals surface area contributed by atoms with Gasteiger partial charge in [-0.15, -0.1) is 0 Å². The van der Waals surface area contributed by atoms with Gasteiger partial charge in [0.1, 0.15) is 12.2 Å². The van der Waals surface area contributed by atoms with E-state index >= 15 is 0 Å². The molecule has 8 heteroatoms. The smallest absolute Gasteiger partial charge is 0.260 e. The molecule has 3 fully saturated rings. The largest absolute Gasteiger partial charge is 0.388 e. The number of hydrogen-bond donors (Lipinski definition) is 4. The van der Waals surface area contributed by atoms with Crippen LogP contribution >= 0.6 is 12.2 Å². The van der Waals surface area contributed by atoms with E-state index in [9.17, 15) is 20.1 Å². The number of aliphatic hydroxyl groups is 3. The Morgan fingerprint density at radius 2 is 1.90 bits per heavy atom. The van der Waals surface area contributed by atoms with E-state index in [4.69, 9.17) is 17.0 Å². The number of amides is 1. The Balaban J connectivity index is 1.91. The summed E-state index contributed by atoms with van der Waals surface area (Å²) in [5.74, 6) is -0.471. The molecule has 0 aromatic heterocycles. The van der Waals surface area contributed by atoms with Crippen LogP contribution in [0.15, 0.2) is 0 Å². The fourth-order valence-electron chi connectivity index (χ4n) is 3.51. The van der Waals surface area contributed by atoms with Gasteiger partial charge < -0.3 is 25.4 Å². The van der Waals surface area contributed by atoms with Gasteiger partial charge in [-0.2, -0.15) is 0 Å². The molecule has 4 atom stereocenters. The van der Waals surface area contributed by atoms with Crippen molar-refractivity contribution in [1.29, 1.82) is 0 Å². The molecule has 21 heavy (non-hydrogen) atoms. The number of carbonyl (C=O) groups is 1. The highest BCUT2D eigenvalue weighted by molar-refractivity contribution is 7.80. The van der Waals surface area contributed by atoms with Crippen LogP contribution in [0.5, 0.6) is 0 Å². The molecular weight excluding hydrogens is 296 g/mol. The summed E-state index contributed by atoms with van der Waals surface area (Å²) in [4.78, 5) is 14.3. The summed E-state index contributed by atoms with van der Waals surface area (Å²) in [6, 6.07) is -0.00925. The lowest BCUT2D eigenvalue weighted by Crippen LogP contribution is -2.71. The Morgan fingerprint density at radius 3 is 2.57 bits per heavy atom. The van der Waals surface area contributed by atoms with E-state index in [0.29, 0.717) is 0 Å². The summed E-state index contributed by atoms with van der Waals surface area (Å²) in [6.07, 6.45) is 0.543. The van der Waals surface area contributed by atoms with Crippen molar-refractivity contribution >= 4 is 23.2 Å². The van der Waals surface area contributed by atoms with Gasteiger partial charge in [-0.3, -0.25) is 9.69 Å². The Bertz CT molecular complexity index is 456. The lowest BCUT2D eigenvalue weighted by Gasteiger charge is -2.42. The minimum Gasteiger partial charge on any atom is -0.388 e. The molecule has 2 heterocycles. The number of rotatable bonds is 1. The van der Waals surface area contributed by atoms with Gasteiger partial charge in [0.05, 0.1) is 6.61 Å². The van der Waals surface area contributed by atoms with Crippen molar-refractivity contribution in [2.75, 3.05) is 6.61 Å². The third kappa shape index (κ3) is 2.17. The van der Waals surface area contributed by atoms with E-state index in [0.717, 1.165) is 32.1 Å². The highest BCUT2D eigenvalue weighted by Gasteiger charge is 2.63. The number of thiocarbonyl (C=S) groups is 1. The predicted molar refractivity (Wildman–Crippen MR) is 76.2 cm³/mol. The average Bonchev–Trinajstić information content (AvgIpc) is 2.75. The van der Waals surface area contributed by atoms with Gasteiger partial charge in [0.2, 0.25) is 0 Å². The van der Waals surface area contributed by atoms with Gasteiger partial charge in [-0.25, -0.2) is 0 Å². The summed E-state index contributed by atoms with van der Waals surface area (Å²) >= 11 is 5.25. The Kier molecular flexibility index (Phi) is 3.91. The SMILES string of the molecule is O=C1N(C2CCCCC2)C(=S)N[C@@]12[C@H](O)COC(O)[C@H]2O. The van der Waals surface area contributed by atoms with Crippen LogP contribution < -0.4 is 5.32 Å². The molecule has 7 nitrogen and oxygen atoms in total. The maximum atomic E-state index is 12.8. The molecule has 1 aliphatic carbocycles. The molecule has 4 N–H and O–H groups in total. The second-order valence-corrected chi connectivity index (χ2v) is 6.34. The van der Waals surface area contributed by atoms with Crippen LogP contribution in [0.3, 0.4) is 0 Å². The van der Waals surface area contributed by atoms with Crippen molar-refractivity contribution in [3.63, 3.8) is 0 Å². The minimum absolute atomic E-state index is 0.00925. The fraction of sp³-hybridized carbons (Fsp3) is 0.846. The maximum Gasteiger partial charge on any atom is 0.260 e. The van der Waals surface area contributed by atoms with Gasteiger partial charge in [-0.05, 0) is 25.1 Å². The first-order valence-electron chi connectivity index (χ1n) is 7.30. The Morgan fingerprint density at radius 1 is 1.24 bits per heavy atom. The molecule has 3 aliphatic rings. The van der Waals surface area contributed by atoms with Crippen molar-refractivity contribution in [2.24, 2.45) is 0 Å². The number of nitrogens with zero attached hydrogens (tertiary/aromatic N) is 1. The van der Waals surface area contributed by atoms with E-state index < -0.39 is 29.9 Å². The molecular formula is C13H20N2O5S. The van der Waals surface area contributed by atoms with Crippen LogP contribution in [0, 0.1) is 0 Å². The average molecular weight is 316 g/mol. The minimum atomic E-state index is -1.70. The fourth-order valence-corrected chi connectivity index (χ4v) is 3.91. The van der Waals surface area contributed by atoms with E-state index in [2.05, 4.69) is 5.32 Å². The molecule has 1 spiro atoms. The lowest BCUT2D eigenvalue weighted by atomic mass is 9.83. The maximum absolute atomic E-state index is 12.8. The quantitative estimate of drug-likeness (QED) is 0.453. The Hall–Kier alpha value is -0.800. The summed E-state index contributed by atoms with van der Waals surface area (Å²) < 4.78 is 4.85. The molecule has 3 rings (SSSR count). The summed E-state index contributed by atoms with van der Waals surface area (Å²) in [5, 5.41) is 33.0. The zero-order chi connectivity index (χ0) is 15.2. The first kappa shape index (κ1) is 15.1. The van der Waals surface area contributed by atoms with Crippen molar-refractivity contribution < 1.29 is 24.9 Å². The molecule has 0 aromatic carbocycles. The molecule has 2 aliphatic heterocycles. The monoisotopic (exact) mass is 316 g/mol. The molecule has 1 amide bonds. The molecule has 0 radical (unpaired) electrons. The van der Waals surface area contributed by atoms with Crippen molar-refractivity contribution in [2.45, 2.75) is 62.2 Å². The molecule has 2 saturated heterocycles. The Labute approximate surface area is 127 Å². The summed E-state index contributed by atoms with van der Waals surface area (Å²) in [5.41, 5.74) is -1.70. The van der Waals surface area contributed by atoms with Gasteiger partial charge in [0.15, 0.2) is 16.9 Å². The van der Waals surface area contributed by atoms with Gasteiger partial charge >= 0.3 is 0 Å². The second kappa shape index (κ2) is 5.44. The van der Waals surface area contributed by atoms with Crippen LogP contribution in [0.25, 0.3) is 0 Å². The number of hydrogen-bond acceptors (Lipinski definition) is 6. The molecule has 118 valence electrons. The van der Waals surface area contributed by atoms with Crippen molar-refractivity contribution in [3.05, 3.63) is 0 Å². The normalized spacial score (nSPS) is 41.7. The second-order valence-electron chi connectivity index (χ2n) is 5.95. The first-order valence-corrected chi connectivity index (χ1v) is 7.71. The van der Waals surface area contributed by atoms with E-state index in [1.165, 1.54) is 4.90 Å². The van der Waals surface area contributed by atoms with Gasteiger partial charge in [0, 0.05) is 6.04 Å². The first-order chi connectivity index (χ1) is 9.98. The van der Waals surface area contributed by atoms with E-state index in [1.807, 2.05) is 0 Å². The van der Waals surface area contributed by atoms with Gasteiger partial charge in [-0.1, -0.05) is 19.3 Å². The summed E-state index contributed by atoms with van der Waals surface area (Å²) in [6.45, 7) is -0.238. The van der Waals surface area contributed by atoms with Crippen molar-refractivity contribution in [3.8, 4) is 0 Å². The van der Waals surface area contributed by atoms with Crippen molar-refractivity contribution in [1.82, 2.24) is 10.2 Å². The molecule has 0 bridgehead atoms. The number of aliphatic hydroxyl groups excluding tert-OH is 3. The standard InChI is InChI=1S/C13H20N2O5S/c16-8-6-20-10(18)9(17)13(8)11(19)15(12(21)14-13)7-4-2-1-3-5-7/h7-10,16-18H,1-6H2,(H,14,21)/t8-,9-,10?,13-/m1/s1. The third-order valence-corrected chi connectivity index (χ3v) is 5.03. The summed E-state index contributed by atoms with van der Waals surface area (Å²) in [7, 11) is 0.